The zero-order chi connectivity index (χ0) is 11.3. The van der Waals surface area contributed by atoms with Crippen LogP contribution in [-0.4, -0.2) is 48.8 Å². The predicted octanol–water partition coefficient (Wildman–Crippen LogP) is 1.08. The minimum Gasteiger partial charge on any atom is -0.389 e. The summed E-state index contributed by atoms with van der Waals surface area (Å²) in [7, 11) is 2.01. The molecule has 0 spiro atoms. The standard InChI is InChI=1S/C12H26N2O/c1-4-12(15,5-2)10-14-7-6-11(9-14)8-13-3/h11,13,15H,4-10H2,1-3H3. The topological polar surface area (TPSA) is 35.5 Å². The molecule has 0 saturated carbocycles. The molecule has 3 nitrogen and oxygen atoms in total. The Hall–Kier alpha value is -0.120. The second-order valence-electron chi connectivity index (χ2n) is 4.88. The highest BCUT2D eigenvalue weighted by atomic mass is 16.3. The van der Waals surface area contributed by atoms with Gasteiger partial charge in [-0.05, 0) is 45.3 Å². The SMILES string of the molecule is CCC(O)(CC)CN1CCC(CNC)C1. The Morgan fingerprint density at radius 2 is 2.07 bits per heavy atom. The Morgan fingerprint density at radius 3 is 2.60 bits per heavy atom. The zero-order valence-corrected chi connectivity index (χ0v) is 10.4. The molecule has 1 unspecified atom stereocenters. The van der Waals surface area contributed by atoms with Gasteiger partial charge in [-0.3, -0.25) is 0 Å². The number of rotatable bonds is 6. The van der Waals surface area contributed by atoms with E-state index in [1.807, 2.05) is 7.05 Å². The summed E-state index contributed by atoms with van der Waals surface area (Å²) in [6.07, 6.45) is 2.98. The van der Waals surface area contributed by atoms with E-state index < -0.39 is 5.60 Å². The molecule has 1 aliphatic rings. The van der Waals surface area contributed by atoms with Crippen LogP contribution in [0.2, 0.25) is 0 Å². The third-order valence-electron chi connectivity index (χ3n) is 3.70. The van der Waals surface area contributed by atoms with Crippen LogP contribution in [0.5, 0.6) is 0 Å². The van der Waals surface area contributed by atoms with E-state index in [9.17, 15) is 5.11 Å². The summed E-state index contributed by atoms with van der Waals surface area (Å²) in [5.41, 5.74) is -0.464. The van der Waals surface area contributed by atoms with Crippen molar-refractivity contribution in [1.29, 1.82) is 0 Å². The number of nitrogens with one attached hydrogen (secondary N) is 1. The first-order valence-corrected chi connectivity index (χ1v) is 6.23. The highest BCUT2D eigenvalue weighted by Gasteiger charge is 2.29. The van der Waals surface area contributed by atoms with Gasteiger partial charge in [0.1, 0.15) is 0 Å². The molecule has 0 aromatic heterocycles. The molecule has 2 N–H and O–H groups in total. The largest absolute Gasteiger partial charge is 0.389 e. The smallest absolute Gasteiger partial charge is 0.0768 e. The van der Waals surface area contributed by atoms with Gasteiger partial charge in [0, 0.05) is 13.1 Å². The van der Waals surface area contributed by atoms with E-state index >= 15 is 0 Å². The average Bonchev–Trinajstić information content (AvgIpc) is 2.66. The molecule has 1 saturated heterocycles. The molecule has 0 radical (unpaired) electrons. The Bertz CT molecular complexity index is 180. The van der Waals surface area contributed by atoms with Crippen molar-refractivity contribution < 1.29 is 5.11 Å². The highest BCUT2D eigenvalue weighted by molar-refractivity contribution is 4.84. The highest BCUT2D eigenvalue weighted by Crippen LogP contribution is 2.22. The second-order valence-corrected chi connectivity index (χ2v) is 4.88. The molecule has 0 aromatic carbocycles. The van der Waals surface area contributed by atoms with E-state index in [1.54, 1.807) is 0 Å². The first-order chi connectivity index (χ1) is 7.13. The van der Waals surface area contributed by atoms with Crippen molar-refractivity contribution in [2.24, 2.45) is 5.92 Å². The minimum atomic E-state index is -0.464. The molecule has 1 atom stereocenters. The van der Waals surface area contributed by atoms with E-state index in [0.29, 0.717) is 0 Å². The number of nitrogens with zero attached hydrogens (tertiary/aromatic N) is 1. The molecular formula is C12H26N2O. The van der Waals surface area contributed by atoms with E-state index in [4.69, 9.17) is 0 Å². The molecule has 0 bridgehead atoms. The van der Waals surface area contributed by atoms with E-state index in [1.165, 1.54) is 6.42 Å². The van der Waals surface area contributed by atoms with Gasteiger partial charge in [-0.15, -0.1) is 0 Å². The summed E-state index contributed by atoms with van der Waals surface area (Å²) < 4.78 is 0. The number of likely N-dealkylation sites (tertiary alicyclic amines) is 1. The summed E-state index contributed by atoms with van der Waals surface area (Å²) in [5, 5.41) is 13.5. The molecule has 15 heavy (non-hydrogen) atoms. The lowest BCUT2D eigenvalue weighted by Crippen LogP contribution is -2.41. The van der Waals surface area contributed by atoms with Gasteiger partial charge in [0.25, 0.3) is 0 Å². The molecule has 0 aliphatic carbocycles. The first-order valence-electron chi connectivity index (χ1n) is 6.23. The van der Waals surface area contributed by atoms with Gasteiger partial charge < -0.3 is 15.3 Å². The average molecular weight is 214 g/mol. The quantitative estimate of drug-likeness (QED) is 0.694. The van der Waals surface area contributed by atoms with Crippen molar-refractivity contribution in [3.05, 3.63) is 0 Å². The van der Waals surface area contributed by atoms with Crippen LogP contribution in [0, 0.1) is 5.92 Å². The first kappa shape index (κ1) is 12.9. The van der Waals surface area contributed by atoms with Crippen molar-refractivity contribution in [1.82, 2.24) is 10.2 Å². The lowest BCUT2D eigenvalue weighted by Gasteiger charge is -2.30. The molecule has 1 heterocycles. The summed E-state index contributed by atoms with van der Waals surface area (Å²) in [5.74, 6) is 0.771. The maximum absolute atomic E-state index is 10.2. The van der Waals surface area contributed by atoms with E-state index in [0.717, 1.165) is 44.9 Å². The summed E-state index contributed by atoms with van der Waals surface area (Å²) in [6, 6.07) is 0. The van der Waals surface area contributed by atoms with Gasteiger partial charge in [0.05, 0.1) is 5.60 Å². The van der Waals surface area contributed by atoms with Crippen LogP contribution >= 0.6 is 0 Å². The van der Waals surface area contributed by atoms with Gasteiger partial charge in [-0.2, -0.15) is 0 Å². The Labute approximate surface area is 93.9 Å². The summed E-state index contributed by atoms with van der Waals surface area (Å²) in [6.45, 7) is 8.39. The molecule has 1 fully saturated rings. The molecule has 1 rings (SSSR count). The fraction of sp³-hybridized carbons (Fsp3) is 1.00. The van der Waals surface area contributed by atoms with E-state index in [2.05, 4.69) is 24.1 Å². The maximum Gasteiger partial charge on any atom is 0.0768 e. The van der Waals surface area contributed by atoms with Gasteiger partial charge in [-0.25, -0.2) is 0 Å². The minimum absolute atomic E-state index is 0.464. The van der Waals surface area contributed by atoms with Gasteiger partial charge in [-0.1, -0.05) is 13.8 Å². The lowest BCUT2D eigenvalue weighted by molar-refractivity contribution is 0.00165. The lowest BCUT2D eigenvalue weighted by atomic mass is 9.97. The molecule has 0 amide bonds. The fourth-order valence-electron chi connectivity index (χ4n) is 2.40. The van der Waals surface area contributed by atoms with Gasteiger partial charge in [0.15, 0.2) is 0 Å². The third kappa shape index (κ3) is 3.74. The third-order valence-corrected chi connectivity index (χ3v) is 3.70. The van der Waals surface area contributed by atoms with Crippen molar-refractivity contribution in [3.63, 3.8) is 0 Å². The van der Waals surface area contributed by atoms with Crippen LogP contribution in [0.25, 0.3) is 0 Å². The molecule has 90 valence electrons. The van der Waals surface area contributed by atoms with Crippen molar-refractivity contribution in [2.75, 3.05) is 33.2 Å². The van der Waals surface area contributed by atoms with Gasteiger partial charge >= 0.3 is 0 Å². The van der Waals surface area contributed by atoms with Crippen molar-refractivity contribution >= 4 is 0 Å². The number of hydrogen-bond donors (Lipinski definition) is 2. The Morgan fingerprint density at radius 1 is 1.40 bits per heavy atom. The monoisotopic (exact) mass is 214 g/mol. The molecular weight excluding hydrogens is 188 g/mol. The van der Waals surface area contributed by atoms with Crippen LogP contribution in [-0.2, 0) is 0 Å². The van der Waals surface area contributed by atoms with Crippen LogP contribution in [0.4, 0.5) is 0 Å². The maximum atomic E-state index is 10.2. The number of β-amino-alcohol motifs (C(OH)–C–C–N with tert-alkyl or cyclic N) is 1. The summed E-state index contributed by atoms with van der Waals surface area (Å²) in [4.78, 5) is 2.41. The second kappa shape index (κ2) is 5.83. The van der Waals surface area contributed by atoms with Crippen LogP contribution in [0.1, 0.15) is 33.1 Å². The fourth-order valence-corrected chi connectivity index (χ4v) is 2.40. The summed E-state index contributed by atoms with van der Waals surface area (Å²) >= 11 is 0. The Kier molecular flexibility index (Phi) is 5.03. The number of hydrogen-bond acceptors (Lipinski definition) is 3. The van der Waals surface area contributed by atoms with Crippen LogP contribution in [0.3, 0.4) is 0 Å². The van der Waals surface area contributed by atoms with Crippen molar-refractivity contribution in [3.8, 4) is 0 Å². The van der Waals surface area contributed by atoms with E-state index in [-0.39, 0.29) is 0 Å². The normalized spacial score (nSPS) is 23.6. The Balaban J connectivity index is 2.34. The predicted molar refractivity (Wildman–Crippen MR) is 64.0 cm³/mol. The van der Waals surface area contributed by atoms with Crippen molar-refractivity contribution in [2.45, 2.75) is 38.7 Å². The molecule has 1 aliphatic heterocycles. The molecule has 0 aromatic rings. The zero-order valence-electron chi connectivity index (χ0n) is 10.4. The number of aliphatic hydroxyl groups is 1. The van der Waals surface area contributed by atoms with Crippen LogP contribution < -0.4 is 5.32 Å². The van der Waals surface area contributed by atoms with Gasteiger partial charge in [0.2, 0.25) is 0 Å². The van der Waals surface area contributed by atoms with Crippen LogP contribution in [0.15, 0.2) is 0 Å². The molecule has 3 heteroatoms.